The van der Waals surface area contributed by atoms with Gasteiger partial charge >= 0.3 is 11.9 Å². The Bertz CT molecular complexity index is 977. The van der Waals surface area contributed by atoms with Crippen LogP contribution in [0.3, 0.4) is 0 Å². The molecular formula is C22H35N8O10. The van der Waals surface area contributed by atoms with Crippen molar-refractivity contribution < 1.29 is 48.9 Å². The number of hydrogen-bond donors (Lipinski definition) is 10. The highest BCUT2D eigenvalue weighted by atomic mass is 16.4. The highest BCUT2D eigenvalue weighted by Gasteiger charge is 2.39. The van der Waals surface area contributed by atoms with Gasteiger partial charge in [-0.25, -0.2) is 0 Å². The summed E-state index contributed by atoms with van der Waals surface area (Å²) >= 11 is 0. The number of guanidine groups is 1. The summed E-state index contributed by atoms with van der Waals surface area (Å²) in [6, 6.07) is -7.01. The third-order valence-electron chi connectivity index (χ3n) is 5.82. The van der Waals surface area contributed by atoms with Gasteiger partial charge in [-0.15, -0.1) is 0 Å². The molecule has 0 unspecified atom stereocenters. The summed E-state index contributed by atoms with van der Waals surface area (Å²) in [4.78, 5) is 85.4. The number of aliphatic hydroxyl groups excluding tert-OH is 1. The third kappa shape index (κ3) is 11.2. The lowest BCUT2D eigenvalue weighted by atomic mass is 10.1. The van der Waals surface area contributed by atoms with Gasteiger partial charge in [0.1, 0.15) is 18.1 Å². The number of nitrogens with one attached hydrogen (secondary N) is 5. The van der Waals surface area contributed by atoms with Crippen molar-refractivity contribution in [3.8, 4) is 0 Å². The number of carboxylic acid groups (broad SMARTS) is 2. The zero-order valence-corrected chi connectivity index (χ0v) is 21.6. The first-order valence-corrected chi connectivity index (χ1v) is 12.3. The lowest BCUT2D eigenvalue weighted by Gasteiger charge is -2.29. The van der Waals surface area contributed by atoms with E-state index in [2.05, 4.69) is 16.0 Å². The molecule has 12 N–H and O–H groups in total. The normalized spacial score (nSPS) is 17.4. The number of aliphatic hydroxyl groups is 1. The molecule has 0 aromatic carbocycles. The van der Waals surface area contributed by atoms with Crippen molar-refractivity contribution in [2.45, 2.75) is 68.7 Å². The number of amides is 4. The average Bonchev–Trinajstić information content (AvgIpc) is 3.37. The molecular weight excluding hydrogens is 536 g/mol. The predicted molar refractivity (Wildman–Crippen MR) is 135 cm³/mol. The maximum absolute atomic E-state index is 13.2. The molecule has 223 valence electrons. The Kier molecular flexibility index (Phi) is 14.0. The molecule has 1 fully saturated rings. The van der Waals surface area contributed by atoms with Crippen molar-refractivity contribution in [2.24, 2.45) is 11.5 Å². The van der Waals surface area contributed by atoms with E-state index in [1.54, 1.807) is 6.29 Å². The van der Waals surface area contributed by atoms with Crippen molar-refractivity contribution in [1.29, 1.82) is 5.41 Å². The molecule has 1 rings (SSSR count). The zero-order chi connectivity index (χ0) is 30.4. The largest absolute Gasteiger partial charge is 0.481 e. The summed E-state index contributed by atoms with van der Waals surface area (Å²) in [5.74, 6) is -6.94. The molecule has 4 amide bonds. The monoisotopic (exact) mass is 571 g/mol. The van der Waals surface area contributed by atoms with Crippen LogP contribution in [-0.2, 0) is 33.6 Å². The topological polar surface area (TPSA) is 307 Å². The Morgan fingerprint density at radius 1 is 1.00 bits per heavy atom. The summed E-state index contributed by atoms with van der Waals surface area (Å²) < 4.78 is 0. The molecule has 1 saturated heterocycles. The smallest absolute Gasteiger partial charge is 0.305 e. The van der Waals surface area contributed by atoms with E-state index >= 15 is 0 Å². The first kappa shape index (κ1) is 33.7. The van der Waals surface area contributed by atoms with Gasteiger partial charge in [-0.05, 0) is 25.7 Å². The third-order valence-corrected chi connectivity index (χ3v) is 5.82. The summed E-state index contributed by atoms with van der Waals surface area (Å²) in [5.41, 5.74) is 10.6. The fourth-order valence-electron chi connectivity index (χ4n) is 3.86. The molecule has 0 aliphatic carbocycles. The SMILES string of the molecule is N=C(N)NCCC[C@@H]([C]=O)NC(=O)[C@@H]1CCCN1C(=O)[C@H](CC(=O)O)NC(=O)[C@H](CO)NC(=O)[C@@H](N)CC(=O)O. The second-order valence-corrected chi connectivity index (χ2v) is 8.96. The average molecular weight is 572 g/mol. The van der Waals surface area contributed by atoms with Crippen LogP contribution < -0.4 is 32.7 Å². The summed E-state index contributed by atoms with van der Waals surface area (Å²) in [7, 11) is 0. The first-order valence-electron chi connectivity index (χ1n) is 12.3. The van der Waals surface area contributed by atoms with Crippen molar-refractivity contribution in [3.05, 3.63) is 0 Å². The Hall–Kier alpha value is -4.32. The lowest BCUT2D eigenvalue weighted by molar-refractivity contribution is -0.146. The predicted octanol–water partition coefficient (Wildman–Crippen LogP) is -4.93. The maximum atomic E-state index is 13.2. The van der Waals surface area contributed by atoms with Gasteiger partial charge in [0.25, 0.3) is 0 Å². The van der Waals surface area contributed by atoms with Crippen LogP contribution in [0.4, 0.5) is 0 Å². The van der Waals surface area contributed by atoms with Gasteiger partial charge in [0.05, 0.1) is 31.5 Å². The molecule has 5 atom stereocenters. The van der Waals surface area contributed by atoms with Gasteiger partial charge in [0, 0.05) is 13.1 Å². The first-order chi connectivity index (χ1) is 18.8. The quantitative estimate of drug-likeness (QED) is 0.0445. The summed E-state index contributed by atoms with van der Waals surface area (Å²) in [5, 5.41) is 43.9. The molecule has 40 heavy (non-hydrogen) atoms. The van der Waals surface area contributed by atoms with Gasteiger partial charge < -0.3 is 53.0 Å². The second-order valence-electron chi connectivity index (χ2n) is 8.96. The Morgan fingerprint density at radius 2 is 1.62 bits per heavy atom. The van der Waals surface area contributed by atoms with Crippen LogP contribution in [0.1, 0.15) is 38.5 Å². The molecule has 1 radical (unpaired) electrons. The van der Waals surface area contributed by atoms with Crippen molar-refractivity contribution in [1.82, 2.24) is 26.2 Å². The van der Waals surface area contributed by atoms with E-state index < -0.39 is 85.2 Å². The van der Waals surface area contributed by atoms with Gasteiger partial charge in [-0.3, -0.25) is 39.0 Å². The Morgan fingerprint density at radius 3 is 2.17 bits per heavy atom. The molecule has 0 spiro atoms. The van der Waals surface area contributed by atoms with Crippen LogP contribution in [-0.4, -0.2) is 118 Å². The lowest BCUT2D eigenvalue weighted by Crippen LogP contribution is -2.59. The molecule has 1 aliphatic rings. The van der Waals surface area contributed by atoms with E-state index in [-0.39, 0.29) is 31.9 Å². The number of aliphatic carboxylic acids is 2. The molecule has 0 saturated carbocycles. The van der Waals surface area contributed by atoms with Gasteiger partial charge in [0.2, 0.25) is 29.9 Å². The van der Waals surface area contributed by atoms with Crippen LogP contribution in [0, 0.1) is 5.41 Å². The Balaban J connectivity index is 2.91. The number of rotatable bonds is 17. The van der Waals surface area contributed by atoms with Crippen molar-refractivity contribution >= 4 is 47.8 Å². The number of carbonyl (C=O) groups excluding carboxylic acids is 5. The van der Waals surface area contributed by atoms with Crippen LogP contribution >= 0.6 is 0 Å². The number of nitrogens with two attached hydrogens (primary N) is 2. The van der Waals surface area contributed by atoms with Crippen LogP contribution in [0.5, 0.6) is 0 Å². The Labute approximate surface area is 228 Å². The van der Waals surface area contributed by atoms with Gasteiger partial charge in [0.15, 0.2) is 5.96 Å². The minimum Gasteiger partial charge on any atom is -0.481 e. The molecule has 18 nitrogen and oxygen atoms in total. The molecule has 18 heteroatoms. The number of carbonyl (C=O) groups is 6. The van der Waals surface area contributed by atoms with Crippen molar-refractivity contribution in [3.63, 3.8) is 0 Å². The second kappa shape index (κ2) is 16.6. The zero-order valence-electron chi connectivity index (χ0n) is 21.6. The van der Waals surface area contributed by atoms with Gasteiger partial charge in [-0.2, -0.15) is 0 Å². The molecule has 0 bridgehead atoms. The molecule has 0 aromatic heterocycles. The number of nitrogens with zero attached hydrogens (tertiary/aromatic N) is 1. The maximum Gasteiger partial charge on any atom is 0.305 e. The fraction of sp³-hybridized carbons (Fsp3) is 0.636. The standard InChI is InChI=1S/C22H35N8O10/c23-12(7-16(33)34)18(37)29-14(10-32)19(38)28-13(8-17(35)36)21(40)30-6-2-4-15(30)20(39)27-11(9-31)3-1-5-26-22(24)25/h11-15,32H,1-8,10,23H2,(H,27,39)(H,28,38)(H,29,37)(H,33,34)(H,35,36)(H4,24,25,26)/t11-,12-,13-,14-,15-/m0/s1. The van der Waals surface area contributed by atoms with Crippen molar-refractivity contribution in [2.75, 3.05) is 19.7 Å². The van der Waals surface area contributed by atoms with E-state index in [1.807, 2.05) is 5.32 Å². The highest BCUT2D eigenvalue weighted by Crippen LogP contribution is 2.20. The minimum atomic E-state index is -1.69. The van der Waals surface area contributed by atoms with E-state index in [1.165, 1.54) is 0 Å². The minimum absolute atomic E-state index is 0.0467. The van der Waals surface area contributed by atoms with E-state index in [0.717, 1.165) is 4.90 Å². The van der Waals surface area contributed by atoms with E-state index in [9.17, 15) is 43.8 Å². The van der Waals surface area contributed by atoms with Gasteiger partial charge in [-0.1, -0.05) is 0 Å². The number of likely N-dealkylation sites (tertiary alicyclic amines) is 1. The molecule has 1 heterocycles. The highest BCUT2D eigenvalue weighted by molar-refractivity contribution is 5.97. The number of hydrogen-bond acceptors (Lipinski definition) is 10. The summed E-state index contributed by atoms with van der Waals surface area (Å²) in [6.07, 6.45) is 1.12. The van der Waals surface area contributed by atoms with E-state index in [0.29, 0.717) is 12.8 Å². The van der Waals surface area contributed by atoms with Crippen LogP contribution in [0.2, 0.25) is 0 Å². The van der Waals surface area contributed by atoms with Crippen LogP contribution in [0.15, 0.2) is 0 Å². The fourth-order valence-corrected chi connectivity index (χ4v) is 3.86. The van der Waals surface area contributed by atoms with E-state index in [4.69, 9.17) is 22.0 Å². The van der Waals surface area contributed by atoms with Crippen LogP contribution in [0.25, 0.3) is 0 Å². The molecule has 0 aromatic rings. The number of carboxylic acids is 2. The summed E-state index contributed by atoms with van der Waals surface area (Å²) in [6.45, 7) is -0.661. The molecule has 1 aliphatic heterocycles.